The van der Waals surface area contributed by atoms with Crippen LogP contribution < -0.4 is 16.8 Å². The topological polar surface area (TPSA) is 107 Å². The predicted octanol–water partition coefficient (Wildman–Crippen LogP) is 1.78. The minimum Gasteiger partial charge on any atom is -0.383 e. The summed E-state index contributed by atoms with van der Waals surface area (Å²) < 4.78 is 43.4. The lowest BCUT2D eigenvalue weighted by molar-refractivity contribution is 0.433. The van der Waals surface area contributed by atoms with E-state index in [2.05, 4.69) is 20.4 Å². The zero-order chi connectivity index (χ0) is 19.1. The quantitative estimate of drug-likeness (QED) is 0.599. The van der Waals surface area contributed by atoms with Gasteiger partial charge in [0.1, 0.15) is 17.5 Å². The SMILES string of the molecule is Nc1cc(N)n2nc(C(Cc3c(F)ccc(F)c3F)C3CCCN3)nc2n1. The third-order valence-electron chi connectivity index (χ3n) is 4.85. The number of rotatable bonds is 4. The van der Waals surface area contributed by atoms with Gasteiger partial charge in [-0.15, -0.1) is 5.10 Å². The van der Waals surface area contributed by atoms with Crippen LogP contribution >= 0.6 is 0 Å². The van der Waals surface area contributed by atoms with Crippen LogP contribution in [0.1, 0.15) is 30.1 Å². The number of halogens is 3. The minimum atomic E-state index is -1.19. The normalized spacial score (nSPS) is 18.3. The molecule has 142 valence electrons. The van der Waals surface area contributed by atoms with Gasteiger partial charge in [-0.3, -0.25) is 0 Å². The largest absolute Gasteiger partial charge is 0.383 e. The molecule has 1 aliphatic rings. The Hall–Kier alpha value is -2.88. The summed E-state index contributed by atoms with van der Waals surface area (Å²) in [7, 11) is 0. The van der Waals surface area contributed by atoms with Gasteiger partial charge in [0.15, 0.2) is 17.5 Å². The third kappa shape index (κ3) is 3.16. The third-order valence-corrected chi connectivity index (χ3v) is 4.85. The van der Waals surface area contributed by atoms with Crippen molar-refractivity contribution in [1.82, 2.24) is 24.9 Å². The van der Waals surface area contributed by atoms with Crippen LogP contribution in [0.2, 0.25) is 0 Å². The smallest absolute Gasteiger partial charge is 0.256 e. The molecular formula is C17H18F3N7. The van der Waals surface area contributed by atoms with E-state index >= 15 is 0 Å². The number of benzene rings is 1. The fraction of sp³-hybridized carbons (Fsp3) is 0.353. The van der Waals surface area contributed by atoms with Crippen LogP contribution in [0.15, 0.2) is 18.2 Å². The average molecular weight is 377 g/mol. The van der Waals surface area contributed by atoms with E-state index in [-0.39, 0.29) is 35.4 Å². The van der Waals surface area contributed by atoms with E-state index in [9.17, 15) is 13.2 Å². The summed E-state index contributed by atoms with van der Waals surface area (Å²) in [4.78, 5) is 8.44. The molecule has 2 aromatic heterocycles. The predicted molar refractivity (Wildman–Crippen MR) is 93.4 cm³/mol. The monoisotopic (exact) mass is 377 g/mol. The Labute approximate surface area is 152 Å². The molecule has 3 aromatic rings. The Balaban J connectivity index is 1.79. The molecule has 2 unspecified atom stereocenters. The van der Waals surface area contributed by atoms with Gasteiger partial charge < -0.3 is 16.8 Å². The molecule has 7 nitrogen and oxygen atoms in total. The van der Waals surface area contributed by atoms with Crippen LogP contribution in [0.4, 0.5) is 24.8 Å². The van der Waals surface area contributed by atoms with Crippen LogP contribution in [0.5, 0.6) is 0 Å². The summed E-state index contributed by atoms with van der Waals surface area (Å²) >= 11 is 0. The van der Waals surface area contributed by atoms with Gasteiger partial charge in [0.05, 0.1) is 0 Å². The number of hydrogen-bond donors (Lipinski definition) is 3. The van der Waals surface area contributed by atoms with Crippen molar-refractivity contribution >= 4 is 17.4 Å². The number of nitrogens with two attached hydrogens (primary N) is 2. The number of nitrogens with one attached hydrogen (secondary N) is 1. The molecular weight excluding hydrogens is 359 g/mol. The maximum Gasteiger partial charge on any atom is 0.256 e. The molecule has 0 bridgehead atoms. The van der Waals surface area contributed by atoms with Gasteiger partial charge in [-0.25, -0.2) is 13.2 Å². The van der Waals surface area contributed by atoms with Crippen molar-refractivity contribution in [3.63, 3.8) is 0 Å². The molecule has 0 radical (unpaired) electrons. The highest BCUT2D eigenvalue weighted by atomic mass is 19.2. The highest BCUT2D eigenvalue weighted by Gasteiger charge is 2.32. The van der Waals surface area contributed by atoms with Gasteiger partial charge in [0, 0.05) is 23.6 Å². The summed E-state index contributed by atoms with van der Waals surface area (Å²) in [5, 5.41) is 7.66. The average Bonchev–Trinajstić information content (AvgIpc) is 3.28. The molecule has 1 aromatic carbocycles. The standard InChI is InChI=1S/C17H18F3N7/c18-10-3-4-11(19)15(20)8(10)6-9(12-2-1-5-23-12)16-25-17-24-13(21)7-14(22)27(17)26-16/h3-4,7,9,12,23H,1-2,5-6,22H2,(H2,21,24,25,26). The first-order valence-corrected chi connectivity index (χ1v) is 8.58. The highest BCUT2D eigenvalue weighted by molar-refractivity contribution is 5.49. The molecule has 2 atom stereocenters. The molecule has 5 N–H and O–H groups in total. The second-order valence-electron chi connectivity index (χ2n) is 6.62. The second kappa shape index (κ2) is 6.69. The molecule has 0 amide bonds. The molecule has 27 heavy (non-hydrogen) atoms. The van der Waals surface area contributed by atoms with Crippen molar-refractivity contribution in [2.24, 2.45) is 0 Å². The summed E-state index contributed by atoms with van der Waals surface area (Å²) in [6.07, 6.45) is 1.60. The van der Waals surface area contributed by atoms with Crippen molar-refractivity contribution in [3.8, 4) is 0 Å². The van der Waals surface area contributed by atoms with Crippen molar-refractivity contribution in [2.45, 2.75) is 31.2 Å². The van der Waals surface area contributed by atoms with Crippen molar-refractivity contribution in [3.05, 3.63) is 47.0 Å². The Morgan fingerprint density at radius 3 is 2.70 bits per heavy atom. The summed E-state index contributed by atoms with van der Waals surface area (Å²) in [6, 6.07) is 3.03. The van der Waals surface area contributed by atoms with Gasteiger partial charge in [0.2, 0.25) is 0 Å². The first-order valence-electron chi connectivity index (χ1n) is 8.58. The van der Waals surface area contributed by atoms with E-state index in [0.717, 1.165) is 31.5 Å². The molecule has 0 spiro atoms. The van der Waals surface area contributed by atoms with E-state index < -0.39 is 23.4 Å². The lowest BCUT2D eigenvalue weighted by atomic mass is 9.90. The van der Waals surface area contributed by atoms with E-state index in [0.29, 0.717) is 5.82 Å². The van der Waals surface area contributed by atoms with Gasteiger partial charge >= 0.3 is 0 Å². The van der Waals surface area contributed by atoms with E-state index in [4.69, 9.17) is 11.5 Å². The Bertz CT molecular complexity index is 998. The molecule has 10 heteroatoms. The zero-order valence-corrected chi connectivity index (χ0v) is 14.3. The number of fused-ring (bicyclic) bond motifs is 1. The van der Waals surface area contributed by atoms with Crippen molar-refractivity contribution in [2.75, 3.05) is 18.0 Å². The van der Waals surface area contributed by atoms with Gasteiger partial charge in [-0.2, -0.15) is 14.5 Å². The van der Waals surface area contributed by atoms with Crippen LogP contribution in [0.3, 0.4) is 0 Å². The fourth-order valence-electron chi connectivity index (χ4n) is 3.53. The van der Waals surface area contributed by atoms with Gasteiger partial charge in [-0.05, 0) is 37.9 Å². The van der Waals surface area contributed by atoms with Gasteiger partial charge in [0.25, 0.3) is 5.78 Å². The highest BCUT2D eigenvalue weighted by Crippen LogP contribution is 2.30. The van der Waals surface area contributed by atoms with Crippen LogP contribution in [0, 0.1) is 17.5 Å². The molecule has 1 saturated heterocycles. The summed E-state index contributed by atoms with van der Waals surface area (Å²) in [6.45, 7) is 0.774. The summed E-state index contributed by atoms with van der Waals surface area (Å²) in [5.74, 6) is -2.61. The Kier molecular flexibility index (Phi) is 4.34. The molecule has 0 aliphatic carbocycles. The number of nitrogen functional groups attached to an aromatic ring is 2. The molecule has 0 saturated carbocycles. The lowest BCUT2D eigenvalue weighted by Crippen LogP contribution is -2.31. The van der Waals surface area contributed by atoms with E-state index in [1.807, 2.05) is 0 Å². The van der Waals surface area contributed by atoms with Crippen LogP contribution in [0.25, 0.3) is 5.78 Å². The molecule has 3 heterocycles. The first kappa shape index (κ1) is 17.5. The number of anilines is 2. The molecule has 1 fully saturated rings. The van der Waals surface area contributed by atoms with Crippen molar-refractivity contribution < 1.29 is 13.2 Å². The molecule has 4 rings (SSSR count). The van der Waals surface area contributed by atoms with E-state index in [1.54, 1.807) is 0 Å². The number of aromatic nitrogens is 4. The second-order valence-corrected chi connectivity index (χ2v) is 6.62. The van der Waals surface area contributed by atoms with Crippen molar-refractivity contribution in [1.29, 1.82) is 0 Å². The Morgan fingerprint density at radius 2 is 1.96 bits per heavy atom. The Morgan fingerprint density at radius 1 is 1.19 bits per heavy atom. The zero-order valence-electron chi connectivity index (χ0n) is 14.3. The maximum atomic E-state index is 14.2. The van der Waals surface area contributed by atoms with Gasteiger partial charge in [-0.1, -0.05) is 0 Å². The lowest BCUT2D eigenvalue weighted by Gasteiger charge is -2.21. The van der Waals surface area contributed by atoms with Crippen LogP contribution in [-0.2, 0) is 6.42 Å². The number of hydrogen-bond acceptors (Lipinski definition) is 6. The van der Waals surface area contributed by atoms with Crippen LogP contribution in [-0.4, -0.2) is 32.2 Å². The summed E-state index contributed by atoms with van der Waals surface area (Å²) in [5.41, 5.74) is 11.3. The first-order chi connectivity index (χ1) is 12.9. The number of nitrogens with zero attached hydrogens (tertiary/aromatic N) is 4. The molecule has 1 aliphatic heterocycles. The fourth-order valence-corrected chi connectivity index (χ4v) is 3.53. The van der Waals surface area contributed by atoms with E-state index in [1.165, 1.54) is 10.6 Å². The maximum absolute atomic E-state index is 14.2. The minimum absolute atomic E-state index is 0.0979.